The van der Waals surface area contributed by atoms with Crippen molar-refractivity contribution in [2.45, 2.75) is 49.7 Å². The SMILES string of the molecule is CSc1nnc(CCCNC(=O)c2cc3cc(Cl)ccc3o2)n1C1CCCC1. The monoisotopic (exact) mass is 418 g/mol. The van der Waals surface area contributed by atoms with Gasteiger partial charge in [-0.25, -0.2) is 0 Å². The molecule has 4 rings (SSSR count). The molecular weight excluding hydrogens is 396 g/mol. The number of benzene rings is 1. The van der Waals surface area contributed by atoms with E-state index in [0.29, 0.717) is 29.0 Å². The summed E-state index contributed by atoms with van der Waals surface area (Å²) < 4.78 is 7.91. The van der Waals surface area contributed by atoms with E-state index in [-0.39, 0.29) is 5.91 Å². The maximum Gasteiger partial charge on any atom is 0.287 e. The molecule has 0 aliphatic heterocycles. The smallest absolute Gasteiger partial charge is 0.287 e. The molecule has 6 nitrogen and oxygen atoms in total. The van der Waals surface area contributed by atoms with Crippen LogP contribution in [0.15, 0.2) is 33.8 Å². The lowest BCUT2D eigenvalue weighted by Crippen LogP contribution is -2.24. The molecule has 0 spiro atoms. The molecule has 28 heavy (non-hydrogen) atoms. The third-order valence-electron chi connectivity index (χ3n) is 5.17. The maximum atomic E-state index is 12.4. The number of hydrogen-bond donors (Lipinski definition) is 1. The van der Waals surface area contributed by atoms with E-state index in [4.69, 9.17) is 16.0 Å². The molecule has 1 amide bonds. The highest BCUT2D eigenvalue weighted by molar-refractivity contribution is 7.98. The van der Waals surface area contributed by atoms with Gasteiger partial charge in [-0.3, -0.25) is 4.79 Å². The number of fused-ring (bicyclic) bond motifs is 1. The van der Waals surface area contributed by atoms with E-state index >= 15 is 0 Å². The van der Waals surface area contributed by atoms with Crippen LogP contribution in [0.1, 0.15) is 54.5 Å². The van der Waals surface area contributed by atoms with Gasteiger partial charge in [0.2, 0.25) is 0 Å². The second-order valence-electron chi connectivity index (χ2n) is 7.06. The van der Waals surface area contributed by atoms with Gasteiger partial charge in [-0.05, 0) is 49.8 Å². The Kier molecular flexibility index (Phi) is 5.92. The molecule has 148 valence electrons. The number of furan rings is 1. The maximum absolute atomic E-state index is 12.4. The molecule has 0 saturated heterocycles. The molecule has 3 aromatic rings. The van der Waals surface area contributed by atoms with Gasteiger partial charge in [0.1, 0.15) is 11.4 Å². The van der Waals surface area contributed by atoms with Gasteiger partial charge in [0, 0.05) is 29.4 Å². The van der Waals surface area contributed by atoms with Crippen LogP contribution in [-0.2, 0) is 6.42 Å². The van der Waals surface area contributed by atoms with Gasteiger partial charge in [-0.1, -0.05) is 36.2 Å². The summed E-state index contributed by atoms with van der Waals surface area (Å²) >= 11 is 7.63. The first-order valence-electron chi connectivity index (χ1n) is 9.61. The molecular formula is C20H23ClN4O2S. The van der Waals surface area contributed by atoms with Crippen molar-refractivity contribution in [1.29, 1.82) is 0 Å². The van der Waals surface area contributed by atoms with Crippen LogP contribution in [0.2, 0.25) is 5.02 Å². The fraction of sp³-hybridized carbons (Fsp3) is 0.450. The van der Waals surface area contributed by atoms with Crippen LogP contribution < -0.4 is 5.32 Å². The van der Waals surface area contributed by atoms with Crippen LogP contribution in [0.5, 0.6) is 0 Å². The highest BCUT2D eigenvalue weighted by atomic mass is 35.5. The minimum Gasteiger partial charge on any atom is -0.451 e. The second-order valence-corrected chi connectivity index (χ2v) is 8.27. The van der Waals surface area contributed by atoms with Crippen molar-refractivity contribution in [3.8, 4) is 0 Å². The lowest BCUT2D eigenvalue weighted by Gasteiger charge is -2.16. The molecule has 1 fully saturated rings. The van der Waals surface area contributed by atoms with Crippen molar-refractivity contribution < 1.29 is 9.21 Å². The predicted molar refractivity (Wildman–Crippen MR) is 111 cm³/mol. The summed E-state index contributed by atoms with van der Waals surface area (Å²) in [5.41, 5.74) is 0.656. The normalized spacial score (nSPS) is 14.8. The Balaban J connectivity index is 1.34. The molecule has 1 N–H and O–H groups in total. The lowest BCUT2D eigenvalue weighted by molar-refractivity contribution is 0.0927. The molecule has 1 aliphatic rings. The van der Waals surface area contributed by atoms with Gasteiger partial charge in [0.25, 0.3) is 5.91 Å². The van der Waals surface area contributed by atoms with E-state index < -0.39 is 0 Å². The molecule has 1 aromatic carbocycles. The number of nitrogens with one attached hydrogen (secondary N) is 1. The summed E-state index contributed by atoms with van der Waals surface area (Å²) in [5, 5.41) is 14.1. The Bertz CT molecular complexity index is 978. The van der Waals surface area contributed by atoms with Crippen molar-refractivity contribution >= 4 is 40.2 Å². The van der Waals surface area contributed by atoms with Crippen LogP contribution in [0.4, 0.5) is 0 Å². The number of amides is 1. The molecule has 0 unspecified atom stereocenters. The topological polar surface area (TPSA) is 73.0 Å². The van der Waals surface area contributed by atoms with Crippen LogP contribution >= 0.6 is 23.4 Å². The third-order valence-corrected chi connectivity index (χ3v) is 6.05. The number of carbonyl (C=O) groups is 1. The first kappa shape index (κ1) is 19.3. The Morgan fingerprint density at radius 2 is 2.14 bits per heavy atom. The van der Waals surface area contributed by atoms with Crippen molar-refractivity contribution in [3.63, 3.8) is 0 Å². The van der Waals surface area contributed by atoms with Crippen molar-refractivity contribution in [1.82, 2.24) is 20.1 Å². The molecule has 8 heteroatoms. The summed E-state index contributed by atoms with van der Waals surface area (Å²) in [7, 11) is 0. The van der Waals surface area contributed by atoms with Gasteiger partial charge >= 0.3 is 0 Å². The van der Waals surface area contributed by atoms with Gasteiger partial charge in [-0.2, -0.15) is 0 Å². The van der Waals surface area contributed by atoms with Gasteiger partial charge in [0.05, 0.1) is 0 Å². The third kappa shape index (κ3) is 4.05. The lowest BCUT2D eigenvalue weighted by atomic mass is 10.2. The minimum atomic E-state index is -0.214. The average Bonchev–Trinajstić information content (AvgIpc) is 3.42. The number of thioether (sulfide) groups is 1. The number of aromatic nitrogens is 3. The molecule has 0 atom stereocenters. The first-order chi connectivity index (χ1) is 13.7. The van der Waals surface area contributed by atoms with E-state index in [2.05, 4.69) is 20.1 Å². The molecule has 2 heterocycles. The van der Waals surface area contributed by atoms with Crippen LogP contribution in [0.3, 0.4) is 0 Å². The summed E-state index contributed by atoms with van der Waals surface area (Å²) in [4.78, 5) is 12.4. The predicted octanol–water partition coefficient (Wildman–Crippen LogP) is 4.88. The van der Waals surface area contributed by atoms with Crippen molar-refractivity contribution in [3.05, 3.63) is 40.9 Å². The van der Waals surface area contributed by atoms with E-state index in [0.717, 1.165) is 29.2 Å². The number of nitrogens with zero attached hydrogens (tertiary/aromatic N) is 3. The van der Waals surface area contributed by atoms with E-state index in [1.807, 2.05) is 6.26 Å². The Morgan fingerprint density at radius 1 is 1.32 bits per heavy atom. The Labute approximate surface area is 173 Å². The van der Waals surface area contributed by atoms with Crippen LogP contribution in [-0.4, -0.2) is 33.5 Å². The first-order valence-corrected chi connectivity index (χ1v) is 11.2. The number of halogens is 1. The standard InChI is InChI=1S/C20H23ClN4O2S/c1-28-20-24-23-18(25(20)15-5-2-3-6-15)7-4-10-22-19(26)17-12-13-11-14(21)8-9-16(13)27-17/h8-9,11-12,15H,2-7,10H2,1H3,(H,22,26). The Morgan fingerprint density at radius 3 is 2.93 bits per heavy atom. The molecule has 2 aromatic heterocycles. The highest BCUT2D eigenvalue weighted by Crippen LogP contribution is 2.33. The van der Waals surface area contributed by atoms with Crippen molar-refractivity contribution in [2.24, 2.45) is 0 Å². The summed E-state index contributed by atoms with van der Waals surface area (Å²) in [5.74, 6) is 1.11. The quantitative estimate of drug-likeness (QED) is 0.437. The fourth-order valence-electron chi connectivity index (χ4n) is 3.81. The molecule has 1 saturated carbocycles. The number of hydrogen-bond acceptors (Lipinski definition) is 5. The average molecular weight is 419 g/mol. The zero-order valence-electron chi connectivity index (χ0n) is 15.8. The van der Waals surface area contributed by atoms with E-state index in [9.17, 15) is 4.79 Å². The molecule has 1 aliphatic carbocycles. The van der Waals surface area contributed by atoms with Crippen LogP contribution in [0.25, 0.3) is 11.0 Å². The highest BCUT2D eigenvalue weighted by Gasteiger charge is 2.23. The molecule has 0 radical (unpaired) electrons. The van der Waals surface area contributed by atoms with Gasteiger partial charge < -0.3 is 14.3 Å². The number of rotatable bonds is 7. The summed E-state index contributed by atoms with van der Waals surface area (Å²) in [6, 6.07) is 7.55. The second kappa shape index (κ2) is 8.57. The zero-order chi connectivity index (χ0) is 19.5. The zero-order valence-corrected chi connectivity index (χ0v) is 17.4. The summed E-state index contributed by atoms with van der Waals surface area (Å²) in [6.07, 6.45) is 8.58. The van der Waals surface area contributed by atoms with E-state index in [1.54, 1.807) is 36.0 Å². The number of carbonyl (C=O) groups excluding carboxylic acids is 1. The summed E-state index contributed by atoms with van der Waals surface area (Å²) in [6.45, 7) is 0.558. The van der Waals surface area contributed by atoms with Crippen LogP contribution in [0, 0.1) is 0 Å². The number of aryl methyl sites for hydroxylation is 1. The fourth-order valence-corrected chi connectivity index (χ4v) is 4.56. The van der Waals surface area contributed by atoms with Gasteiger partial charge in [0.15, 0.2) is 10.9 Å². The Hall–Kier alpha value is -1.99. The van der Waals surface area contributed by atoms with E-state index in [1.165, 1.54) is 25.7 Å². The molecule has 0 bridgehead atoms. The largest absolute Gasteiger partial charge is 0.451 e. The van der Waals surface area contributed by atoms with Crippen molar-refractivity contribution in [2.75, 3.05) is 12.8 Å². The van der Waals surface area contributed by atoms with Gasteiger partial charge in [-0.15, -0.1) is 10.2 Å². The minimum absolute atomic E-state index is 0.214.